The lowest BCUT2D eigenvalue weighted by Crippen LogP contribution is -2.08. The van der Waals surface area contributed by atoms with E-state index >= 15 is 0 Å². The molecule has 1 radical (unpaired) electrons. The van der Waals surface area contributed by atoms with E-state index < -0.39 is 17.4 Å². The molecule has 0 aliphatic rings. The minimum Gasteiger partial charge on any atom is -0.396 e. The average Bonchev–Trinajstić information content (AvgIpc) is 1.86. The van der Waals surface area contributed by atoms with Crippen LogP contribution in [0.4, 0.5) is 18.9 Å². The Balaban J connectivity index is 3.14. The van der Waals surface area contributed by atoms with Crippen LogP contribution in [0.15, 0.2) is 12.3 Å². The first-order valence-electron chi connectivity index (χ1n) is 2.71. The molecule has 5 heteroatoms. The molecule has 0 bridgehead atoms. The van der Waals surface area contributed by atoms with Crippen molar-refractivity contribution in [1.82, 2.24) is 4.98 Å². The molecular weight excluding hydrogens is 157 g/mol. The van der Waals surface area contributed by atoms with Crippen LogP contribution in [0.5, 0.6) is 0 Å². The molecule has 0 amide bonds. The van der Waals surface area contributed by atoms with Crippen molar-refractivity contribution in [3.05, 3.63) is 24.0 Å². The van der Waals surface area contributed by atoms with Crippen molar-refractivity contribution < 1.29 is 13.2 Å². The Hall–Kier alpha value is -1.26. The molecule has 59 valence electrons. The first kappa shape index (κ1) is 7.84. The number of nitrogens with zero attached hydrogens (tertiary/aromatic N) is 1. The SMILES string of the molecule is Nc1[c]nccc1C(F)(F)F. The van der Waals surface area contributed by atoms with Gasteiger partial charge in [0.05, 0.1) is 11.3 Å². The summed E-state index contributed by atoms with van der Waals surface area (Å²) in [6.45, 7) is 0. The molecule has 2 N–H and O–H groups in total. The standard InChI is InChI=1S/C6H4F3N2/c7-6(8,9)4-1-2-11-3-5(4)10/h1-2H,10H2. The van der Waals surface area contributed by atoms with Gasteiger partial charge in [-0.15, -0.1) is 0 Å². The quantitative estimate of drug-likeness (QED) is 0.625. The van der Waals surface area contributed by atoms with Gasteiger partial charge in [-0.1, -0.05) is 0 Å². The van der Waals surface area contributed by atoms with Crippen LogP contribution in [0, 0.1) is 6.20 Å². The van der Waals surface area contributed by atoms with Gasteiger partial charge < -0.3 is 5.73 Å². The van der Waals surface area contributed by atoms with E-state index in [-0.39, 0.29) is 0 Å². The van der Waals surface area contributed by atoms with E-state index in [4.69, 9.17) is 5.73 Å². The molecule has 0 fully saturated rings. The Morgan fingerprint density at radius 3 is 2.45 bits per heavy atom. The highest BCUT2D eigenvalue weighted by Gasteiger charge is 2.32. The molecule has 1 aromatic rings. The second kappa shape index (κ2) is 2.41. The summed E-state index contributed by atoms with van der Waals surface area (Å²) >= 11 is 0. The highest BCUT2D eigenvalue weighted by atomic mass is 19.4. The summed E-state index contributed by atoms with van der Waals surface area (Å²) in [6.07, 6.45) is -1.40. The van der Waals surface area contributed by atoms with Crippen molar-refractivity contribution in [2.24, 2.45) is 0 Å². The Labute approximate surface area is 60.9 Å². The molecule has 0 atom stereocenters. The van der Waals surface area contributed by atoms with Crippen LogP contribution in [-0.4, -0.2) is 4.98 Å². The molecule has 0 aromatic carbocycles. The van der Waals surface area contributed by atoms with Gasteiger partial charge in [0.25, 0.3) is 0 Å². The molecule has 11 heavy (non-hydrogen) atoms. The maximum absolute atomic E-state index is 11.9. The zero-order chi connectivity index (χ0) is 8.48. The number of nitrogens with two attached hydrogens (primary N) is 1. The predicted molar refractivity (Wildman–Crippen MR) is 32.5 cm³/mol. The second-order valence-corrected chi connectivity index (χ2v) is 1.88. The Bertz CT molecular complexity index is 256. The minimum absolute atomic E-state index is 0.472. The van der Waals surface area contributed by atoms with Crippen LogP contribution in [0.1, 0.15) is 5.56 Å². The van der Waals surface area contributed by atoms with E-state index in [9.17, 15) is 13.2 Å². The molecule has 1 aromatic heterocycles. The van der Waals surface area contributed by atoms with Gasteiger partial charge >= 0.3 is 6.18 Å². The van der Waals surface area contributed by atoms with Crippen molar-refractivity contribution in [1.29, 1.82) is 0 Å². The van der Waals surface area contributed by atoms with Crippen LogP contribution in [0.25, 0.3) is 0 Å². The van der Waals surface area contributed by atoms with Gasteiger partial charge in [0.1, 0.15) is 6.20 Å². The normalized spacial score (nSPS) is 11.5. The van der Waals surface area contributed by atoms with Gasteiger partial charge in [-0.05, 0) is 6.07 Å². The maximum Gasteiger partial charge on any atom is 0.418 e. The van der Waals surface area contributed by atoms with E-state index in [2.05, 4.69) is 4.98 Å². The molecule has 0 saturated carbocycles. The van der Waals surface area contributed by atoms with Crippen LogP contribution in [-0.2, 0) is 6.18 Å². The Morgan fingerprint density at radius 1 is 1.45 bits per heavy atom. The fourth-order valence-corrected chi connectivity index (χ4v) is 0.616. The van der Waals surface area contributed by atoms with Crippen LogP contribution >= 0.6 is 0 Å². The summed E-state index contributed by atoms with van der Waals surface area (Å²) in [5, 5.41) is 0. The van der Waals surface area contributed by atoms with Gasteiger partial charge in [0, 0.05) is 6.20 Å². The van der Waals surface area contributed by atoms with E-state index in [0.29, 0.717) is 0 Å². The second-order valence-electron chi connectivity index (χ2n) is 1.88. The lowest BCUT2D eigenvalue weighted by Gasteiger charge is -2.07. The summed E-state index contributed by atoms with van der Waals surface area (Å²) in [4.78, 5) is 3.31. The third-order valence-corrected chi connectivity index (χ3v) is 1.10. The van der Waals surface area contributed by atoms with Gasteiger partial charge in [0.15, 0.2) is 0 Å². The number of anilines is 1. The minimum atomic E-state index is -4.41. The van der Waals surface area contributed by atoms with Crippen LogP contribution in [0.2, 0.25) is 0 Å². The molecule has 2 nitrogen and oxygen atoms in total. The first-order valence-corrected chi connectivity index (χ1v) is 2.71. The smallest absolute Gasteiger partial charge is 0.396 e. The van der Waals surface area contributed by atoms with E-state index in [1.54, 1.807) is 0 Å². The van der Waals surface area contributed by atoms with Gasteiger partial charge in [-0.3, -0.25) is 4.98 Å². The van der Waals surface area contributed by atoms with Gasteiger partial charge in [-0.2, -0.15) is 13.2 Å². The van der Waals surface area contributed by atoms with Crippen molar-refractivity contribution in [3.8, 4) is 0 Å². The largest absolute Gasteiger partial charge is 0.418 e. The number of pyridine rings is 1. The topological polar surface area (TPSA) is 38.9 Å². The van der Waals surface area contributed by atoms with E-state index in [0.717, 1.165) is 12.3 Å². The first-order chi connectivity index (χ1) is 5.02. The van der Waals surface area contributed by atoms with E-state index in [1.165, 1.54) is 0 Å². The summed E-state index contributed by atoms with van der Waals surface area (Å²) in [6, 6.07) is 0.811. The van der Waals surface area contributed by atoms with Crippen molar-refractivity contribution >= 4 is 5.69 Å². The van der Waals surface area contributed by atoms with Gasteiger partial charge in [0.2, 0.25) is 0 Å². The Morgan fingerprint density at radius 2 is 2.09 bits per heavy atom. The Kier molecular flexibility index (Phi) is 1.72. The van der Waals surface area contributed by atoms with Gasteiger partial charge in [-0.25, -0.2) is 0 Å². The van der Waals surface area contributed by atoms with Crippen molar-refractivity contribution in [2.75, 3.05) is 5.73 Å². The van der Waals surface area contributed by atoms with Crippen LogP contribution < -0.4 is 5.73 Å². The molecule has 0 spiro atoms. The van der Waals surface area contributed by atoms with Crippen LogP contribution in [0.3, 0.4) is 0 Å². The zero-order valence-corrected chi connectivity index (χ0v) is 5.31. The highest BCUT2D eigenvalue weighted by Crippen LogP contribution is 2.32. The summed E-state index contributed by atoms with van der Waals surface area (Å²) < 4.78 is 35.8. The van der Waals surface area contributed by atoms with Crippen molar-refractivity contribution in [2.45, 2.75) is 6.18 Å². The lowest BCUT2D eigenvalue weighted by molar-refractivity contribution is -0.137. The number of halogens is 3. The third-order valence-electron chi connectivity index (χ3n) is 1.10. The number of nitrogen functional groups attached to an aromatic ring is 1. The monoisotopic (exact) mass is 161 g/mol. The molecule has 1 rings (SSSR count). The molecule has 0 saturated heterocycles. The summed E-state index contributed by atoms with van der Waals surface area (Å²) in [7, 11) is 0. The van der Waals surface area contributed by atoms with E-state index in [1.807, 2.05) is 6.20 Å². The number of rotatable bonds is 0. The molecule has 0 unspecified atom stereocenters. The predicted octanol–water partition coefficient (Wildman–Crippen LogP) is 1.48. The molecule has 0 aliphatic carbocycles. The fourth-order valence-electron chi connectivity index (χ4n) is 0.616. The number of aromatic nitrogens is 1. The maximum atomic E-state index is 11.9. The summed E-state index contributed by atoms with van der Waals surface area (Å²) in [5.41, 5.74) is 3.60. The average molecular weight is 161 g/mol. The molecule has 0 aliphatic heterocycles. The molecular formula is C6H4F3N2. The number of hydrogen-bond acceptors (Lipinski definition) is 2. The van der Waals surface area contributed by atoms with Crippen molar-refractivity contribution in [3.63, 3.8) is 0 Å². The highest BCUT2D eigenvalue weighted by molar-refractivity contribution is 5.44. The lowest BCUT2D eigenvalue weighted by atomic mass is 10.2. The number of alkyl halides is 3. The third kappa shape index (κ3) is 1.60. The fraction of sp³-hybridized carbons (Fsp3) is 0.167. The number of hydrogen-bond donors (Lipinski definition) is 1. The molecule has 1 heterocycles. The zero-order valence-electron chi connectivity index (χ0n) is 5.31. The summed E-state index contributed by atoms with van der Waals surface area (Å²) in [5.74, 6) is 0.